The summed E-state index contributed by atoms with van der Waals surface area (Å²) in [4.78, 5) is 0. The van der Waals surface area contributed by atoms with Gasteiger partial charge in [-0.1, -0.05) is 130 Å². The van der Waals surface area contributed by atoms with E-state index in [4.69, 9.17) is 0 Å². The fourth-order valence-corrected chi connectivity index (χ4v) is 3.29. The van der Waals surface area contributed by atoms with Gasteiger partial charge in [-0.3, -0.25) is 0 Å². The lowest BCUT2D eigenvalue weighted by atomic mass is 10.1. The predicted octanol–water partition coefficient (Wildman–Crippen LogP) is 12.4. The lowest BCUT2D eigenvalue weighted by molar-refractivity contribution is 0.967. The molecule has 0 aromatic carbocycles. The van der Waals surface area contributed by atoms with E-state index in [1.807, 2.05) is 12.2 Å². The summed E-state index contributed by atoms with van der Waals surface area (Å²) in [5.74, 6) is 6.25. The van der Waals surface area contributed by atoms with Crippen molar-refractivity contribution in [2.24, 2.45) is 0 Å². The first-order valence-corrected chi connectivity index (χ1v) is 14.5. The first kappa shape index (κ1) is 36.4. The Morgan fingerprint density at radius 3 is 1.10 bits per heavy atom. The highest BCUT2D eigenvalue weighted by molar-refractivity contribution is 5.36. The molecule has 0 amide bonds. The minimum absolute atomic E-state index is 1.11. The SMILES string of the molecule is CC(C)=CCC\C(C)=C/C=C/C(C)=C/C=C/C(C)=C/C#C/C=C(C)/C=C/C=C(C)/C=C/C=C(/C)CCC=C(C)C. The molecule has 0 aliphatic heterocycles. The molecule has 0 radical (unpaired) electrons. The van der Waals surface area contributed by atoms with Gasteiger partial charge in [0.2, 0.25) is 0 Å². The van der Waals surface area contributed by atoms with Crippen molar-refractivity contribution in [3.05, 3.63) is 142 Å². The van der Waals surface area contributed by atoms with Crippen LogP contribution >= 0.6 is 0 Å². The zero-order valence-corrected chi connectivity index (χ0v) is 27.1. The van der Waals surface area contributed by atoms with Gasteiger partial charge in [-0.05, 0) is 118 Å². The lowest BCUT2D eigenvalue weighted by Crippen LogP contribution is -1.76. The zero-order chi connectivity index (χ0) is 30.2. The van der Waals surface area contributed by atoms with Crippen LogP contribution in [0, 0.1) is 11.8 Å². The number of hydrogen-bond donors (Lipinski definition) is 0. The Morgan fingerprint density at radius 2 is 0.750 bits per heavy atom. The molecule has 0 aromatic heterocycles. The van der Waals surface area contributed by atoms with Crippen LogP contribution in [0.4, 0.5) is 0 Å². The van der Waals surface area contributed by atoms with Crippen molar-refractivity contribution in [2.75, 3.05) is 0 Å². The average molecular weight is 535 g/mol. The molecule has 0 heterocycles. The highest BCUT2D eigenvalue weighted by Crippen LogP contribution is 2.09. The highest BCUT2D eigenvalue weighted by Gasteiger charge is 1.88. The monoisotopic (exact) mass is 534 g/mol. The molecule has 214 valence electrons. The van der Waals surface area contributed by atoms with Crippen molar-refractivity contribution in [3.8, 4) is 11.8 Å². The maximum absolute atomic E-state index is 3.13. The molecule has 0 spiro atoms. The van der Waals surface area contributed by atoms with Gasteiger partial charge in [-0.15, -0.1) is 0 Å². The summed E-state index contributed by atoms with van der Waals surface area (Å²) in [6.45, 7) is 21.4. The van der Waals surface area contributed by atoms with Gasteiger partial charge in [-0.2, -0.15) is 0 Å². The Kier molecular flexibility index (Phi) is 21.3. The molecule has 0 saturated heterocycles. The molecule has 0 rings (SSSR count). The Bertz CT molecular complexity index is 1100. The van der Waals surface area contributed by atoms with Crippen molar-refractivity contribution >= 4 is 0 Å². The predicted molar refractivity (Wildman–Crippen MR) is 184 cm³/mol. The number of rotatable bonds is 14. The molecule has 0 fully saturated rings. The van der Waals surface area contributed by atoms with Crippen LogP contribution in [0.2, 0.25) is 0 Å². The summed E-state index contributed by atoms with van der Waals surface area (Å²) in [5.41, 5.74) is 10.3. The van der Waals surface area contributed by atoms with Crippen LogP contribution < -0.4 is 0 Å². The third-order valence-electron chi connectivity index (χ3n) is 5.78. The molecule has 0 heteroatoms. The van der Waals surface area contributed by atoms with E-state index in [0.717, 1.165) is 36.8 Å². The normalized spacial score (nSPS) is 14.4. The van der Waals surface area contributed by atoms with Gasteiger partial charge in [0.1, 0.15) is 0 Å². The molecule has 0 aliphatic carbocycles. The maximum Gasteiger partial charge on any atom is -0.00860 e. The van der Waals surface area contributed by atoms with Gasteiger partial charge in [-0.25, -0.2) is 0 Å². The van der Waals surface area contributed by atoms with E-state index in [-0.39, 0.29) is 0 Å². The molecule has 0 unspecified atom stereocenters. The first-order valence-electron chi connectivity index (χ1n) is 14.5. The summed E-state index contributed by atoms with van der Waals surface area (Å²) in [6.07, 6.45) is 38.5. The van der Waals surface area contributed by atoms with Gasteiger partial charge in [0.05, 0.1) is 0 Å². The first-order chi connectivity index (χ1) is 19.0. The summed E-state index contributed by atoms with van der Waals surface area (Å²) < 4.78 is 0. The zero-order valence-electron chi connectivity index (χ0n) is 27.1. The minimum atomic E-state index is 1.11. The van der Waals surface area contributed by atoms with Gasteiger partial charge in [0.25, 0.3) is 0 Å². The second-order valence-electron chi connectivity index (χ2n) is 11.0. The smallest absolute Gasteiger partial charge is 0.00860 e. The van der Waals surface area contributed by atoms with Crippen LogP contribution in [0.1, 0.15) is 94.9 Å². The van der Waals surface area contributed by atoms with Crippen molar-refractivity contribution < 1.29 is 0 Å². The topological polar surface area (TPSA) is 0 Å². The van der Waals surface area contributed by atoms with E-state index < -0.39 is 0 Å². The van der Waals surface area contributed by atoms with Crippen molar-refractivity contribution in [1.29, 1.82) is 0 Å². The van der Waals surface area contributed by atoms with E-state index in [9.17, 15) is 0 Å². The van der Waals surface area contributed by atoms with E-state index in [2.05, 4.69) is 166 Å². The Labute approximate surface area is 248 Å². The molecule has 0 aliphatic rings. The fraction of sp³-hybridized carbons (Fsp3) is 0.350. The maximum atomic E-state index is 3.13. The molecule has 0 nitrogen and oxygen atoms in total. The van der Waals surface area contributed by atoms with Gasteiger partial charge in [0, 0.05) is 0 Å². The molecule has 40 heavy (non-hydrogen) atoms. The molecule has 0 N–H and O–H groups in total. The summed E-state index contributed by atoms with van der Waals surface area (Å²) in [7, 11) is 0. The van der Waals surface area contributed by atoms with Crippen LogP contribution in [0.5, 0.6) is 0 Å². The van der Waals surface area contributed by atoms with Crippen LogP contribution in [0.15, 0.2) is 142 Å². The molecule has 0 bridgehead atoms. The van der Waals surface area contributed by atoms with Crippen molar-refractivity contribution in [3.63, 3.8) is 0 Å². The molecular formula is C40H54. The van der Waals surface area contributed by atoms with E-state index >= 15 is 0 Å². The van der Waals surface area contributed by atoms with E-state index in [1.165, 1.54) is 33.4 Å². The van der Waals surface area contributed by atoms with Crippen LogP contribution in [0.25, 0.3) is 0 Å². The van der Waals surface area contributed by atoms with Gasteiger partial charge >= 0.3 is 0 Å². The van der Waals surface area contributed by atoms with Gasteiger partial charge in [0.15, 0.2) is 0 Å². The fourth-order valence-electron chi connectivity index (χ4n) is 3.29. The second kappa shape index (κ2) is 23.3. The Balaban J connectivity index is 4.75. The van der Waals surface area contributed by atoms with E-state index in [1.54, 1.807) is 0 Å². The largest absolute Gasteiger partial charge is 0.0856 e. The number of hydrogen-bond acceptors (Lipinski definition) is 0. The van der Waals surface area contributed by atoms with E-state index in [0.29, 0.717) is 0 Å². The van der Waals surface area contributed by atoms with Crippen LogP contribution in [-0.4, -0.2) is 0 Å². The summed E-state index contributed by atoms with van der Waals surface area (Å²) in [5, 5.41) is 0. The molecule has 0 aromatic rings. The summed E-state index contributed by atoms with van der Waals surface area (Å²) in [6, 6.07) is 0. The minimum Gasteiger partial charge on any atom is -0.0856 e. The molecule has 0 saturated carbocycles. The quantitative estimate of drug-likeness (QED) is 0.118. The second-order valence-corrected chi connectivity index (χ2v) is 11.0. The third-order valence-corrected chi connectivity index (χ3v) is 5.78. The highest BCUT2D eigenvalue weighted by atomic mass is 13.9. The standard InChI is InChI=1S/C40H54/c1-33(2)19-13-23-37(7)27-17-31-39(9)29-15-25-35(5)21-11-12-22-36(6)26-16-30-40(10)32-18-28-38(8)24-14-20-34(3)4/h15-22,25-32H,13-14,23-24H2,1-10H3/b25-15+,26-16+,31-17+,32-18+,35-21+,36-22+,37-27-,38-28-,39-29+,40-30+. The summed E-state index contributed by atoms with van der Waals surface area (Å²) >= 11 is 0. The Morgan fingerprint density at radius 1 is 0.425 bits per heavy atom. The third kappa shape index (κ3) is 24.8. The molecule has 0 atom stereocenters. The average Bonchev–Trinajstić information content (AvgIpc) is 2.86. The Hall–Kier alpha value is -3.56. The molecular weight excluding hydrogens is 480 g/mol. The van der Waals surface area contributed by atoms with Crippen molar-refractivity contribution in [2.45, 2.75) is 94.9 Å². The lowest BCUT2D eigenvalue weighted by Gasteiger charge is -1.96. The number of allylic oxidation sites excluding steroid dienone is 24. The van der Waals surface area contributed by atoms with Crippen LogP contribution in [0.3, 0.4) is 0 Å². The van der Waals surface area contributed by atoms with Crippen LogP contribution in [-0.2, 0) is 0 Å². The van der Waals surface area contributed by atoms with Crippen molar-refractivity contribution in [1.82, 2.24) is 0 Å². The van der Waals surface area contributed by atoms with Gasteiger partial charge < -0.3 is 0 Å².